The van der Waals surface area contributed by atoms with E-state index in [-0.39, 0.29) is 0 Å². The molecule has 1 heterocycles. The van der Waals surface area contributed by atoms with Crippen LogP contribution in [0.15, 0.2) is 0 Å². The van der Waals surface area contributed by atoms with E-state index in [1.54, 1.807) is 7.11 Å². The zero-order valence-corrected chi connectivity index (χ0v) is 13.2. The first-order chi connectivity index (χ1) is 9.21. The van der Waals surface area contributed by atoms with Crippen molar-refractivity contribution in [3.8, 4) is 0 Å². The second kappa shape index (κ2) is 6.68. The molecule has 1 aromatic heterocycles. The summed E-state index contributed by atoms with van der Waals surface area (Å²) in [5.74, 6) is 0. The predicted octanol–water partition coefficient (Wildman–Crippen LogP) is 2.60. The van der Waals surface area contributed by atoms with E-state index < -0.39 is 0 Å². The van der Waals surface area contributed by atoms with Gasteiger partial charge in [0.15, 0.2) is 5.13 Å². The molecule has 0 spiro atoms. The largest absolute Gasteiger partial charge is 0.383 e. The summed E-state index contributed by atoms with van der Waals surface area (Å²) in [5.41, 5.74) is 1.27. The molecule has 1 aliphatic rings. The molecule has 0 aliphatic heterocycles. The van der Waals surface area contributed by atoms with Crippen LogP contribution < -0.4 is 10.2 Å². The molecule has 19 heavy (non-hydrogen) atoms. The zero-order valence-electron chi connectivity index (χ0n) is 12.4. The van der Waals surface area contributed by atoms with E-state index in [1.165, 1.54) is 29.8 Å². The number of aryl methyl sites for hydroxylation is 1. The molecule has 0 aromatic carbocycles. The van der Waals surface area contributed by atoms with Crippen LogP contribution in [0.1, 0.15) is 43.3 Å². The van der Waals surface area contributed by atoms with Crippen molar-refractivity contribution in [2.45, 2.75) is 45.2 Å². The number of likely N-dealkylation sites (N-methyl/N-ethyl adjacent to an activating group) is 1. The van der Waals surface area contributed by atoms with E-state index in [0.717, 1.165) is 18.3 Å². The van der Waals surface area contributed by atoms with E-state index in [2.05, 4.69) is 24.1 Å². The van der Waals surface area contributed by atoms with Crippen molar-refractivity contribution in [3.63, 3.8) is 0 Å². The van der Waals surface area contributed by atoms with Gasteiger partial charge in [-0.3, -0.25) is 0 Å². The fraction of sp³-hybridized carbons (Fsp3) is 0.786. The molecule has 2 rings (SSSR count). The van der Waals surface area contributed by atoms with E-state index in [0.29, 0.717) is 12.1 Å². The Morgan fingerprint density at radius 1 is 1.58 bits per heavy atom. The van der Waals surface area contributed by atoms with Gasteiger partial charge in [-0.15, -0.1) is 11.3 Å². The van der Waals surface area contributed by atoms with Crippen LogP contribution in [0.3, 0.4) is 0 Å². The van der Waals surface area contributed by atoms with Gasteiger partial charge in [0, 0.05) is 18.5 Å². The minimum atomic E-state index is 0.371. The predicted molar refractivity (Wildman–Crippen MR) is 81.2 cm³/mol. The van der Waals surface area contributed by atoms with Crippen molar-refractivity contribution in [3.05, 3.63) is 10.6 Å². The lowest BCUT2D eigenvalue weighted by Gasteiger charge is -2.26. The number of hydrogen-bond donors (Lipinski definition) is 1. The summed E-state index contributed by atoms with van der Waals surface area (Å²) in [6.07, 6.45) is 3.65. The number of anilines is 1. The lowest BCUT2D eigenvalue weighted by molar-refractivity contribution is 0.182. The number of methoxy groups -OCH3 is 1. The normalized spacial score (nSPS) is 20.1. The average molecular weight is 283 g/mol. The summed E-state index contributed by atoms with van der Waals surface area (Å²) in [6.45, 7) is 6.10. The van der Waals surface area contributed by atoms with Crippen molar-refractivity contribution in [1.29, 1.82) is 0 Å². The van der Waals surface area contributed by atoms with Crippen molar-refractivity contribution in [2.75, 3.05) is 32.2 Å². The molecular formula is C14H25N3OS. The number of rotatable bonds is 6. The lowest BCUT2D eigenvalue weighted by Crippen LogP contribution is -2.36. The fourth-order valence-electron chi connectivity index (χ4n) is 2.78. The van der Waals surface area contributed by atoms with Gasteiger partial charge in [-0.25, -0.2) is 4.98 Å². The van der Waals surface area contributed by atoms with Crippen LogP contribution in [0.5, 0.6) is 0 Å². The molecule has 0 amide bonds. The Morgan fingerprint density at radius 3 is 3.00 bits per heavy atom. The van der Waals surface area contributed by atoms with Crippen LogP contribution in [-0.4, -0.2) is 38.3 Å². The highest BCUT2D eigenvalue weighted by Crippen LogP contribution is 2.37. The third kappa shape index (κ3) is 3.09. The molecule has 1 aromatic rings. The molecule has 1 aliphatic carbocycles. The van der Waals surface area contributed by atoms with Crippen LogP contribution in [0.25, 0.3) is 0 Å². The van der Waals surface area contributed by atoms with E-state index in [1.807, 2.05) is 18.4 Å². The van der Waals surface area contributed by atoms with Crippen molar-refractivity contribution in [2.24, 2.45) is 0 Å². The van der Waals surface area contributed by atoms with Crippen molar-refractivity contribution < 1.29 is 4.74 Å². The van der Waals surface area contributed by atoms with Gasteiger partial charge in [0.1, 0.15) is 0 Å². The van der Waals surface area contributed by atoms with Crippen molar-refractivity contribution >= 4 is 16.5 Å². The number of fused-ring (bicyclic) bond motifs is 1. The van der Waals surface area contributed by atoms with Gasteiger partial charge in [-0.05, 0) is 40.2 Å². The van der Waals surface area contributed by atoms with Crippen LogP contribution in [0.2, 0.25) is 0 Å². The summed E-state index contributed by atoms with van der Waals surface area (Å²) >= 11 is 1.86. The molecule has 1 N–H and O–H groups in total. The van der Waals surface area contributed by atoms with Gasteiger partial charge in [0.2, 0.25) is 0 Å². The monoisotopic (exact) mass is 283 g/mol. The highest BCUT2D eigenvalue weighted by atomic mass is 32.1. The maximum atomic E-state index is 5.28. The number of nitrogens with zero attached hydrogens (tertiary/aromatic N) is 2. The molecule has 2 unspecified atom stereocenters. The molecule has 0 saturated heterocycles. The zero-order chi connectivity index (χ0) is 13.8. The van der Waals surface area contributed by atoms with E-state index in [4.69, 9.17) is 9.72 Å². The second-order valence-electron chi connectivity index (χ2n) is 5.13. The SMILES string of the molecule is CCN(c1nc2c(s1)CCCC2NC)C(C)COC. The first-order valence-electron chi connectivity index (χ1n) is 7.13. The Hall–Kier alpha value is -0.650. The quantitative estimate of drug-likeness (QED) is 0.871. The third-order valence-corrected chi connectivity index (χ3v) is 4.99. The topological polar surface area (TPSA) is 37.4 Å². The fourth-order valence-corrected chi connectivity index (χ4v) is 4.11. The van der Waals surface area contributed by atoms with Gasteiger partial charge in [0.25, 0.3) is 0 Å². The number of aromatic nitrogens is 1. The molecule has 0 radical (unpaired) electrons. The average Bonchev–Trinajstić information content (AvgIpc) is 2.83. The van der Waals surface area contributed by atoms with Crippen LogP contribution >= 0.6 is 11.3 Å². The first-order valence-corrected chi connectivity index (χ1v) is 7.95. The highest BCUT2D eigenvalue weighted by Gasteiger charge is 2.26. The Morgan fingerprint density at radius 2 is 2.37 bits per heavy atom. The van der Waals surface area contributed by atoms with Gasteiger partial charge >= 0.3 is 0 Å². The van der Waals surface area contributed by atoms with Gasteiger partial charge in [-0.2, -0.15) is 0 Å². The maximum absolute atomic E-state index is 5.28. The maximum Gasteiger partial charge on any atom is 0.186 e. The summed E-state index contributed by atoms with van der Waals surface area (Å²) in [5, 5.41) is 4.54. The lowest BCUT2D eigenvalue weighted by atomic mass is 9.98. The number of nitrogens with one attached hydrogen (secondary N) is 1. The molecule has 2 atom stereocenters. The first kappa shape index (κ1) is 14.8. The van der Waals surface area contributed by atoms with Gasteiger partial charge in [0.05, 0.1) is 24.4 Å². The Labute approximate surface area is 120 Å². The second-order valence-corrected chi connectivity index (χ2v) is 6.19. The van der Waals surface area contributed by atoms with Gasteiger partial charge < -0.3 is 15.0 Å². The Kier molecular flexibility index (Phi) is 5.19. The molecule has 4 nitrogen and oxygen atoms in total. The Bertz CT molecular complexity index is 407. The summed E-state index contributed by atoms with van der Waals surface area (Å²) in [4.78, 5) is 8.71. The summed E-state index contributed by atoms with van der Waals surface area (Å²) in [7, 11) is 3.79. The van der Waals surface area contributed by atoms with Crippen LogP contribution in [0, 0.1) is 0 Å². The molecule has 0 bridgehead atoms. The van der Waals surface area contributed by atoms with E-state index >= 15 is 0 Å². The molecule has 0 saturated carbocycles. The molecule has 0 fully saturated rings. The van der Waals surface area contributed by atoms with Gasteiger partial charge in [-0.1, -0.05) is 0 Å². The smallest absolute Gasteiger partial charge is 0.186 e. The highest BCUT2D eigenvalue weighted by molar-refractivity contribution is 7.15. The minimum absolute atomic E-state index is 0.371. The summed E-state index contributed by atoms with van der Waals surface area (Å²) < 4.78 is 5.28. The number of thiazole rings is 1. The standard InChI is InChI=1S/C14H25N3OS/c1-5-17(10(2)9-18-4)14-16-13-11(15-3)7-6-8-12(13)19-14/h10-11,15H,5-9H2,1-4H3. The number of hydrogen-bond acceptors (Lipinski definition) is 5. The minimum Gasteiger partial charge on any atom is -0.383 e. The Balaban J connectivity index is 2.22. The van der Waals surface area contributed by atoms with Crippen LogP contribution in [-0.2, 0) is 11.2 Å². The van der Waals surface area contributed by atoms with E-state index in [9.17, 15) is 0 Å². The molecular weight excluding hydrogens is 258 g/mol. The van der Waals surface area contributed by atoms with Crippen molar-refractivity contribution in [1.82, 2.24) is 10.3 Å². The molecule has 5 heteroatoms. The summed E-state index contributed by atoms with van der Waals surface area (Å²) in [6, 6.07) is 0.806. The number of ether oxygens (including phenoxy) is 1. The van der Waals surface area contributed by atoms with Crippen LogP contribution in [0.4, 0.5) is 5.13 Å². The molecule has 108 valence electrons. The third-order valence-electron chi connectivity index (χ3n) is 3.82.